The zero-order valence-electron chi connectivity index (χ0n) is 20.2. The normalized spacial score (nSPS) is 20.3. The van der Waals surface area contributed by atoms with Crippen LogP contribution in [-0.4, -0.2) is 84.9 Å². The zero-order chi connectivity index (χ0) is 24.6. The lowest BCUT2D eigenvalue weighted by molar-refractivity contribution is 0.0383. The van der Waals surface area contributed by atoms with Crippen LogP contribution in [-0.2, 0) is 14.6 Å². The van der Waals surface area contributed by atoms with E-state index in [1.54, 1.807) is 4.68 Å². The minimum atomic E-state index is -3.10. The van der Waals surface area contributed by atoms with Gasteiger partial charge in [-0.05, 0) is 26.3 Å². The first kappa shape index (κ1) is 23.9. The van der Waals surface area contributed by atoms with Gasteiger partial charge >= 0.3 is 0 Å². The molecule has 2 fully saturated rings. The van der Waals surface area contributed by atoms with E-state index in [1.165, 1.54) is 0 Å². The van der Waals surface area contributed by atoms with Gasteiger partial charge in [0.25, 0.3) is 5.91 Å². The van der Waals surface area contributed by atoms with Crippen molar-refractivity contribution in [2.45, 2.75) is 26.3 Å². The molecule has 0 bridgehead atoms. The van der Waals surface area contributed by atoms with E-state index in [0.29, 0.717) is 54.2 Å². The molecule has 186 valence electrons. The first-order valence-electron chi connectivity index (χ1n) is 12.1. The Morgan fingerprint density at radius 3 is 2.60 bits per heavy atom. The maximum atomic E-state index is 13.4. The molecule has 2 aromatic heterocycles. The second kappa shape index (κ2) is 9.67. The number of rotatable bonds is 6. The number of amides is 1. The fraction of sp³-hybridized carbons (Fsp3) is 0.480. The van der Waals surface area contributed by atoms with E-state index in [0.717, 1.165) is 30.8 Å². The van der Waals surface area contributed by atoms with E-state index in [-0.39, 0.29) is 23.5 Å². The summed E-state index contributed by atoms with van der Waals surface area (Å²) in [5, 5.41) is 8.41. The number of nitrogens with zero attached hydrogens (tertiary/aromatic N) is 4. The molecule has 3 aromatic rings. The zero-order valence-corrected chi connectivity index (χ0v) is 21.0. The second-order valence-corrected chi connectivity index (χ2v) is 11.6. The Kier molecular flexibility index (Phi) is 6.61. The Labute approximate surface area is 205 Å². The van der Waals surface area contributed by atoms with Gasteiger partial charge in [-0.2, -0.15) is 5.10 Å². The SMILES string of the molecule is Cc1ccc(-c2cc(C(=O)NCCN3CCOCC3)c3c(C)nn([C@@H]4CCS(=O)(=O)C4)c3n2)cc1. The Balaban J connectivity index is 1.52. The molecule has 1 N–H and O–H groups in total. The molecule has 0 radical (unpaired) electrons. The van der Waals surface area contributed by atoms with Crippen molar-refractivity contribution in [3.63, 3.8) is 0 Å². The summed E-state index contributed by atoms with van der Waals surface area (Å²) in [6.07, 6.45) is 0.496. The summed E-state index contributed by atoms with van der Waals surface area (Å²) in [6.45, 7) is 8.31. The Hall–Kier alpha value is -2.82. The molecule has 2 aliphatic rings. The van der Waals surface area contributed by atoms with Crippen LogP contribution in [0.3, 0.4) is 0 Å². The van der Waals surface area contributed by atoms with Gasteiger partial charge in [0.1, 0.15) is 0 Å². The van der Waals surface area contributed by atoms with Crippen molar-refractivity contribution in [1.82, 2.24) is 25.0 Å². The van der Waals surface area contributed by atoms with Gasteiger partial charge < -0.3 is 10.1 Å². The highest BCUT2D eigenvalue weighted by Crippen LogP contribution is 2.32. The smallest absolute Gasteiger partial charge is 0.252 e. The molecule has 0 saturated carbocycles. The van der Waals surface area contributed by atoms with Crippen molar-refractivity contribution in [1.29, 1.82) is 0 Å². The molecule has 0 aliphatic carbocycles. The summed E-state index contributed by atoms with van der Waals surface area (Å²) in [4.78, 5) is 20.6. The number of morpholine rings is 1. The van der Waals surface area contributed by atoms with Crippen molar-refractivity contribution in [2.24, 2.45) is 0 Å². The van der Waals surface area contributed by atoms with Crippen LogP contribution >= 0.6 is 0 Å². The average molecular weight is 498 g/mol. The first-order valence-corrected chi connectivity index (χ1v) is 13.9. The second-order valence-electron chi connectivity index (χ2n) is 9.42. The summed E-state index contributed by atoms with van der Waals surface area (Å²) < 4.78 is 31.4. The number of ether oxygens (including phenoxy) is 1. The number of sulfone groups is 1. The third-order valence-electron chi connectivity index (χ3n) is 6.80. The lowest BCUT2D eigenvalue weighted by Gasteiger charge is -2.26. The van der Waals surface area contributed by atoms with Crippen molar-refractivity contribution in [2.75, 3.05) is 50.9 Å². The number of fused-ring (bicyclic) bond motifs is 1. The van der Waals surface area contributed by atoms with E-state index < -0.39 is 9.84 Å². The average Bonchev–Trinajstić information content (AvgIpc) is 3.38. The molecular weight excluding hydrogens is 466 g/mol. The monoisotopic (exact) mass is 497 g/mol. The number of aromatic nitrogens is 3. The molecular formula is C25H31N5O4S. The van der Waals surface area contributed by atoms with Gasteiger partial charge in [0, 0.05) is 31.7 Å². The van der Waals surface area contributed by atoms with Gasteiger partial charge in [0.2, 0.25) is 0 Å². The van der Waals surface area contributed by atoms with E-state index in [9.17, 15) is 13.2 Å². The molecule has 0 spiro atoms. The lowest BCUT2D eigenvalue weighted by Crippen LogP contribution is -2.41. The molecule has 35 heavy (non-hydrogen) atoms. The van der Waals surface area contributed by atoms with Crippen LogP contribution < -0.4 is 5.32 Å². The number of hydrogen-bond acceptors (Lipinski definition) is 7. The molecule has 1 atom stereocenters. The van der Waals surface area contributed by atoms with Gasteiger partial charge in [-0.15, -0.1) is 0 Å². The van der Waals surface area contributed by atoms with Crippen LogP contribution in [0.4, 0.5) is 0 Å². The molecule has 5 rings (SSSR count). The Morgan fingerprint density at radius 2 is 1.91 bits per heavy atom. The maximum absolute atomic E-state index is 13.4. The highest BCUT2D eigenvalue weighted by atomic mass is 32.2. The molecule has 1 aromatic carbocycles. The Bertz CT molecular complexity index is 1340. The van der Waals surface area contributed by atoms with Gasteiger partial charge in [-0.1, -0.05) is 29.8 Å². The maximum Gasteiger partial charge on any atom is 0.252 e. The number of carbonyl (C=O) groups is 1. The first-order chi connectivity index (χ1) is 16.8. The predicted molar refractivity (Wildman–Crippen MR) is 134 cm³/mol. The summed E-state index contributed by atoms with van der Waals surface area (Å²) in [5.74, 6) is 0.00596. The molecule has 2 aliphatic heterocycles. The van der Waals surface area contributed by atoms with Gasteiger partial charge in [0.15, 0.2) is 15.5 Å². The highest BCUT2D eigenvalue weighted by Gasteiger charge is 2.32. The number of nitrogens with one attached hydrogen (secondary N) is 1. The minimum Gasteiger partial charge on any atom is -0.379 e. The fourth-order valence-corrected chi connectivity index (χ4v) is 6.53. The van der Waals surface area contributed by atoms with Crippen molar-refractivity contribution >= 4 is 26.8 Å². The van der Waals surface area contributed by atoms with Crippen LogP contribution in [0, 0.1) is 13.8 Å². The molecule has 10 heteroatoms. The van der Waals surface area contributed by atoms with Crippen LogP contribution in [0.15, 0.2) is 30.3 Å². The molecule has 1 amide bonds. The minimum absolute atomic E-state index is 0.0424. The Morgan fingerprint density at radius 1 is 1.17 bits per heavy atom. The quantitative estimate of drug-likeness (QED) is 0.556. The van der Waals surface area contributed by atoms with E-state index >= 15 is 0 Å². The summed E-state index contributed by atoms with van der Waals surface area (Å²) in [6, 6.07) is 9.52. The van der Waals surface area contributed by atoms with E-state index in [1.807, 2.05) is 44.2 Å². The summed E-state index contributed by atoms with van der Waals surface area (Å²) >= 11 is 0. The molecule has 9 nitrogen and oxygen atoms in total. The number of hydrogen-bond donors (Lipinski definition) is 1. The topological polar surface area (TPSA) is 106 Å². The number of carbonyl (C=O) groups excluding carboxylic acids is 1. The van der Waals surface area contributed by atoms with Crippen molar-refractivity contribution in [3.8, 4) is 11.3 Å². The van der Waals surface area contributed by atoms with Crippen molar-refractivity contribution < 1.29 is 17.9 Å². The number of pyridine rings is 1. The fourth-order valence-electron chi connectivity index (χ4n) is 4.83. The van der Waals surface area contributed by atoms with Crippen LogP contribution in [0.5, 0.6) is 0 Å². The largest absolute Gasteiger partial charge is 0.379 e. The van der Waals surface area contributed by atoms with Crippen LogP contribution in [0.1, 0.15) is 34.1 Å². The summed E-state index contributed by atoms with van der Waals surface area (Å²) in [7, 11) is -3.10. The standard InChI is InChI=1S/C25H31N5O4S/c1-17-3-5-19(6-4-17)22-15-21(25(31)26-8-9-29-10-12-34-13-11-29)23-18(2)28-30(24(23)27-22)20-7-14-35(32,33)16-20/h3-6,15,20H,7-14,16H2,1-2H3,(H,26,31)/t20-/m1/s1. The van der Waals surface area contributed by atoms with E-state index in [4.69, 9.17) is 9.72 Å². The third-order valence-corrected chi connectivity index (χ3v) is 8.55. The van der Waals surface area contributed by atoms with Gasteiger partial charge in [0.05, 0.1) is 53.1 Å². The summed E-state index contributed by atoms with van der Waals surface area (Å²) in [5.41, 5.74) is 4.43. The lowest BCUT2D eigenvalue weighted by atomic mass is 10.0. The van der Waals surface area contributed by atoms with Gasteiger partial charge in [-0.3, -0.25) is 9.69 Å². The van der Waals surface area contributed by atoms with E-state index in [2.05, 4.69) is 15.3 Å². The van der Waals surface area contributed by atoms with Gasteiger partial charge in [-0.25, -0.2) is 18.1 Å². The van der Waals surface area contributed by atoms with Crippen LogP contribution in [0.25, 0.3) is 22.3 Å². The highest BCUT2D eigenvalue weighted by molar-refractivity contribution is 7.91. The number of benzene rings is 1. The molecule has 2 saturated heterocycles. The molecule has 0 unspecified atom stereocenters. The number of aryl methyl sites for hydroxylation is 2. The predicted octanol–water partition coefficient (Wildman–Crippen LogP) is 2.14. The third kappa shape index (κ3) is 5.10. The van der Waals surface area contributed by atoms with Crippen molar-refractivity contribution in [3.05, 3.63) is 47.2 Å². The molecule has 4 heterocycles. The van der Waals surface area contributed by atoms with Crippen LogP contribution in [0.2, 0.25) is 0 Å².